The first kappa shape index (κ1) is 17.5. The van der Waals surface area contributed by atoms with Gasteiger partial charge in [0.2, 0.25) is 0 Å². The number of likely N-dealkylation sites (N-methyl/N-ethyl adjacent to an activating group) is 1. The molecule has 134 valence electrons. The Morgan fingerprint density at radius 1 is 1.12 bits per heavy atom. The molecule has 1 saturated heterocycles. The van der Waals surface area contributed by atoms with Gasteiger partial charge >= 0.3 is 0 Å². The minimum atomic E-state index is -0.0395. The Morgan fingerprint density at radius 3 is 2.48 bits per heavy atom. The molecule has 3 rings (SSSR count). The molecule has 1 atom stereocenters. The van der Waals surface area contributed by atoms with Crippen LogP contribution < -0.4 is 15.8 Å². The lowest BCUT2D eigenvalue weighted by atomic mass is 10.2. The van der Waals surface area contributed by atoms with E-state index in [1.165, 1.54) is 0 Å². The van der Waals surface area contributed by atoms with Gasteiger partial charge in [-0.25, -0.2) is 4.98 Å². The van der Waals surface area contributed by atoms with Crippen LogP contribution in [0, 0.1) is 0 Å². The Hall–Kier alpha value is -2.34. The number of hydrogen-bond acceptors (Lipinski definition) is 5. The highest BCUT2D eigenvalue weighted by atomic mass is 16.1. The molecule has 0 amide bonds. The molecule has 2 aromatic rings. The predicted molar refractivity (Wildman–Crippen MR) is 103 cm³/mol. The largest absolute Gasteiger partial charge is 0.368 e. The summed E-state index contributed by atoms with van der Waals surface area (Å²) in [6.45, 7) is 8.29. The van der Waals surface area contributed by atoms with Crippen LogP contribution in [-0.4, -0.2) is 53.7 Å². The van der Waals surface area contributed by atoms with Gasteiger partial charge < -0.3 is 15.1 Å². The van der Waals surface area contributed by atoms with Crippen molar-refractivity contribution in [2.24, 2.45) is 0 Å². The third-order valence-corrected chi connectivity index (χ3v) is 4.80. The standard InChI is InChI=1S/C19H27N5O/c1-4-15(2)21-18-7-5-16(13-20-18)24-14-17(6-8-19(24)25)23-11-9-22(3)10-12-23/h5-8,13-15H,4,9-12H2,1-3H3,(H,20,21). The molecule has 0 radical (unpaired) electrons. The van der Waals surface area contributed by atoms with E-state index in [-0.39, 0.29) is 5.56 Å². The SMILES string of the molecule is CCC(C)Nc1ccc(-n2cc(N3CCN(C)CC3)ccc2=O)cn1. The van der Waals surface area contributed by atoms with Crippen molar-refractivity contribution in [1.29, 1.82) is 0 Å². The van der Waals surface area contributed by atoms with E-state index < -0.39 is 0 Å². The molecule has 0 saturated carbocycles. The molecule has 1 fully saturated rings. The molecular weight excluding hydrogens is 314 g/mol. The van der Waals surface area contributed by atoms with Crippen LogP contribution in [0.1, 0.15) is 20.3 Å². The van der Waals surface area contributed by atoms with Gasteiger partial charge in [-0.1, -0.05) is 6.92 Å². The maximum Gasteiger partial charge on any atom is 0.255 e. The summed E-state index contributed by atoms with van der Waals surface area (Å²) in [5, 5.41) is 3.34. The minimum absolute atomic E-state index is 0.0395. The van der Waals surface area contributed by atoms with E-state index in [1.807, 2.05) is 24.4 Å². The minimum Gasteiger partial charge on any atom is -0.368 e. The molecule has 0 bridgehead atoms. The lowest BCUT2D eigenvalue weighted by Gasteiger charge is -2.34. The molecule has 25 heavy (non-hydrogen) atoms. The van der Waals surface area contributed by atoms with Gasteiger partial charge in [0, 0.05) is 44.5 Å². The first-order valence-corrected chi connectivity index (χ1v) is 8.96. The van der Waals surface area contributed by atoms with E-state index in [2.05, 4.69) is 41.0 Å². The molecule has 2 aromatic heterocycles. The van der Waals surface area contributed by atoms with Gasteiger partial charge in [0.1, 0.15) is 5.82 Å². The van der Waals surface area contributed by atoms with Crippen molar-refractivity contribution in [3.63, 3.8) is 0 Å². The molecular formula is C19H27N5O. The number of piperazine rings is 1. The number of rotatable bonds is 5. The second-order valence-electron chi connectivity index (χ2n) is 6.74. The van der Waals surface area contributed by atoms with Crippen molar-refractivity contribution in [1.82, 2.24) is 14.5 Å². The summed E-state index contributed by atoms with van der Waals surface area (Å²) in [6.07, 6.45) is 4.71. The molecule has 1 unspecified atom stereocenters. The van der Waals surface area contributed by atoms with Crippen LogP contribution in [0.2, 0.25) is 0 Å². The molecule has 0 spiro atoms. The van der Waals surface area contributed by atoms with Crippen molar-refractivity contribution >= 4 is 11.5 Å². The molecule has 0 aromatic carbocycles. The quantitative estimate of drug-likeness (QED) is 0.903. The molecule has 1 aliphatic rings. The van der Waals surface area contributed by atoms with Crippen molar-refractivity contribution in [3.05, 3.63) is 47.0 Å². The normalized spacial score (nSPS) is 16.7. The van der Waals surface area contributed by atoms with E-state index in [0.717, 1.165) is 49.8 Å². The zero-order valence-electron chi connectivity index (χ0n) is 15.3. The van der Waals surface area contributed by atoms with Gasteiger partial charge in [0.15, 0.2) is 0 Å². The number of nitrogens with one attached hydrogen (secondary N) is 1. The van der Waals surface area contributed by atoms with Gasteiger partial charge in [-0.3, -0.25) is 9.36 Å². The Morgan fingerprint density at radius 2 is 1.84 bits per heavy atom. The highest BCUT2D eigenvalue weighted by molar-refractivity contribution is 5.48. The highest BCUT2D eigenvalue weighted by Gasteiger charge is 2.15. The number of hydrogen-bond donors (Lipinski definition) is 1. The fraction of sp³-hybridized carbons (Fsp3) is 0.474. The van der Waals surface area contributed by atoms with Gasteiger partial charge in [0.05, 0.1) is 17.6 Å². The first-order chi connectivity index (χ1) is 12.1. The summed E-state index contributed by atoms with van der Waals surface area (Å²) in [7, 11) is 2.14. The third kappa shape index (κ3) is 4.20. The van der Waals surface area contributed by atoms with Gasteiger partial charge in [-0.05, 0) is 38.6 Å². The van der Waals surface area contributed by atoms with Gasteiger partial charge in [0.25, 0.3) is 5.56 Å². The van der Waals surface area contributed by atoms with E-state index in [9.17, 15) is 4.79 Å². The highest BCUT2D eigenvalue weighted by Crippen LogP contribution is 2.17. The fourth-order valence-electron chi connectivity index (χ4n) is 2.90. The van der Waals surface area contributed by atoms with Crippen LogP contribution in [-0.2, 0) is 0 Å². The van der Waals surface area contributed by atoms with Gasteiger partial charge in [-0.2, -0.15) is 0 Å². The second-order valence-corrected chi connectivity index (χ2v) is 6.74. The summed E-state index contributed by atoms with van der Waals surface area (Å²) < 4.78 is 1.67. The van der Waals surface area contributed by atoms with Crippen LogP contribution in [0.4, 0.5) is 11.5 Å². The number of nitrogens with zero attached hydrogens (tertiary/aromatic N) is 4. The molecule has 1 N–H and O–H groups in total. The molecule has 6 nitrogen and oxygen atoms in total. The van der Waals surface area contributed by atoms with Gasteiger partial charge in [-0.15, -0.1) is 0 Å². The Bertz CT molecular complexity index is 747. The summed E-state index contributed by atoms with van der Waals surface area (Å²) >= 11 is 0. The molecule has 0 aliphatic carbocycles. The van der Waals surface area contributed by atoms with Crippen molar-refractivity contribution in [3.8, 4) is 5.69 Å². The summed E-state index contributed by atoms with van der Waals surface area (Å²) in [5.41, 5.74) is 1.83. The number of aromatic nitrogens is 2. The molecule has 1 aliphatic heterocycles. The van der Waals surface area contributed by atoms with Crippen LogP contribution in [0.5, 0.6) is 0 Å². The third-order valence-electron chi connectivity index (χ3n) is 4.80. The summed E-state index contributed by atoms with van der Waals surface area (Å²) in [6, 6.07) is 7.79. The van der Waals surface area contributed by atoms with Crippen molar-refractivity contribution in [2.45, 2.75) is 26.3 Å². The smallest absolute Gasteiger partial charge is 0.255 e. The van der Waals surface area contributed by atoms with Crippen LogP contribution >= 0.6 is 0 Å². The lowest BCUT2D eigenvalue weighted by Crippen LogP contribution is -2.44. The van der Waals surface area contributed by atoms with E-state index in [4.69, 9.17) is 0 Å². The van der Waals surface area contributed by atoms with E-state index >= 15 is 0 Å². The zero-order chi connectivity index (χ0) is 17.8. The monoisotopic (exact) mass is 341 g/mol. The number of pyridine rings is 2. The summed E-state index contributed by atoms with van der Waals surface area (Å²) in [5.74, 6) is 0.835. The van der Waals surface area contributed by atoms with E-state index in [0.29, 0.717) is 6.04 Å². The Kier molecular flexibility index (Phi) is 5.38. The average molecular weight is 341 g/mol. The second kappa shape index (κ2) is 7.70. The first-order valence-electron chi connectivity index (χ1n) is 8.96. The topological polar surface area (TPSA) is 53.4 Å². The Labute approximate surface area is 149 Å². The maximum absolute atomic E-state index is 12.3. The summed E-state index contributed by atoms with van der Waals surface area (Å²) in [4.78, 5) is 21.4. The molecule has 6 heteroatoms. The van der Waals surface area contributed by atoms with Crippen LogP contribution in [0.3, 0.4) is 0 Å². The predicted octanol–water partition coefficient (Wildman–Crippen LogP) is 2.19. The average Bonchev–Trinajstić information content (AvgIpc) is 2.63. The van der Waals surface area contributed by atoms with Crippen LogP contribution in [0.15, 0.2) is 41.5 Å². The van der Waals surface area contributed by atoms with Crippen molar-refractivity contribution in [2.75, 3.05) is 43.4 Å². The maximum atomic E-state index is 12.3. The fourth-order valence-corrected chi connectivity index (χ4v) is 2.90. The number of anilines is 2. The van der Waals surface area contributed by atoms with Crippen LogP contribution in [0.25, 0.3) is 5.69 Å². The zero-order valence-corrected chi connectivity index (χ0v) is 15.3. The lowest BCUT2D eigenvalue weighted by molar-refractivity contribution is 0.312. The molecule has 3 heterocycles. The van der Waals surface area contributed by atoms with Crippen molar-refractivity contribution < 1.29 is 0 Å². The van der Waals surface area contributed by atoms with E-state index in [1.54, 1.807) is 16.8 Å². The Balaban J connectivity index is 1.82.